The molecular weight excluding hydrogens is 300 g/mol. The zero-order chi connectivity index (χ0) is 15.7. The van der Waals surface area contributed by atoms with Gasteiger partial charge in [-0.1, -0.05) is 0 Å². The molecule has 0 spiro atoms. The average molecular weight is 318 g/mol. The van der Waals surface area contributed by atoms with Gasteiger partial charge < -0.3 is 14.3 Å². The van der Waals surface area contributed by atoms with Crippen molar-refractivity contribution in [3.05, 3.63) is 57.4 Å². The van der Waals surface area contributed by atoms with Gasteiger partial charge in [0.05, 0.1) is 6.04 Å². The number of aromatic amines is 1. The molecule has 116 valence electrons. The minimum atomic E-state index is -0.336. The Kier molecular flexibility index (Phi) is 4.11. The van der Waals surface area contributed by atoms with Crippen LogP contribution in [0.15, 0.2) is 33.5 Å². The van der Waals surface area contributed by atoms with Gasteiger partial charge >= 0.3 is 0 Å². The van der Waals surface area contributed by atoms with E-state index < -0.39 is 0 Å². The monoisotopic (exact) mass is 318 g/mol. The van der Waals surface area contributed by atoms with Crippen molar-refractivity contribution < 1.29 is 9.21 Å². The van der Waals surface area contributed by atoms with Crippen LogP contribution >= 0.6 is 11.8 Å². The van der Waals surface area contributed by atoms with Gasteiger partial charge in [0, 0.05) is 23.7 Å². The van der Waals surface area contributed by atoms with E-state index in [1.165, 1.54) is 0 Å². The molecule has 3 heterocycles. The summed E-state index contributed by atoms with van der Waals surface area (Å²) < 4.78 is 5.70. The molecule has 2 aromatic rings. The molecule has 2 aromatic heterocycles. The first-order valence-corrected chi connectivity index (χ1v) is 8.36. The molecule has 1 aliphatic rings. The molecule has 1 fully saturated rings. The highest BCUT2D eigenvalue weighted by Gasteiger charge is 2.32. The quantitative estimate of drug-likeness (QED) is 0.924. The largest absolute Gasteiger partial charge is 0.464 e. The number of thioether (sulfide) groups is 1. The Morgan fingerprint density at radius 1 is 1.32 bits per heavy atom. The van der Waals surface area contributed by atoms with Crippen LogP contribution in [0.3, 0.4) is 0 Å². The van der Waals surface area contributed by atoms with Crippen LogP contribution in [-0.2, 0) is 0 Å². The van der Waals surface area contributed by atoms with Crippen LogP contribution in [0, 0.1) is 13.8 Å². The number of aromatic nitrogens is 1. The second-order valence-electron chi connectivity index (χ2n) is 5.42. The number of amides is 1. The summed E-state index contributed by atoms with van der Waals surface area (Å²) in [6.07, 6.45) is 0. The fourth-order valence-corrected chi connectivity index (χ4v) is 3.67. The van der Waals surface area contributed by atoms with E-state index in [1.54, 1.807) is 35.7 Å². The molecule has 0 aliphatic carbocycles. The van der Waals surface area contributed by atoms with Crippen molar-refractivity contribution in [3.8, 4) is 0 Å². The maximum Gasteiger partial charge on any atom is 0.260 e. The Balaban J connectivity index is 1.93. The third kappa shape index (κ3) is 2.83. The second-order valence-corrected chi connectivity index (χ2v) is 6.57. The number of H-pyrrole nitrogens is 1. The van der Waals surface area contributed by atoms with Gasteiger partial charge in [-0.25, -0.2) is 0 Å². The van der Waals surface area contributed by atoms with E-state index in [9.17, 15) is 9.59 Å². The number of hydrogen-bond donors (Lipinski definition) is 1. The SMILES string of the molecule is Cc1ccc(C(=O)N2CCSCC2c2ccc(C)o2)c(=O)[nH]1. The summed E-state index contributed by atoms with van der Waals surface area (Å²) >= 11 is 1.79. The number of pyridine rings is 1. The highest BCUT2D eigenvalue weighted by molar-refractivity contribution is 7.99. The minimum absolute atomic E-state index is 0.124. The van der Waals surface area contributed by atoms with Crippen LogP contribution in [0.25, 0.3) is 0 Å². The molecule has 1 atom stereocenters. The third-order valence-electron chi connectivity index (χ3n) is 3.76. The number of aryl methyl sites for hydroxylation is 2. The van der Waals surface area contributed by atoms with Gasteiger partial charge in [0.2, 0.25) is 0 Å². The van der Waals surface area contributed by atoms with Gasteiger partial charge in [-0.15, -0.1) is 0 Å². The van der Waals surface area contributed by atoms with Crippen LogP contribution in [0.5, 0.6) is 0 Å². The Labute approximate surface area is 132 Å². The number of carbonyl (C=O) groups is 1. The van der Waals surface area contributed by atoms with E-state index in [1.807, 2.05) is 19.1 Å². The lowest BCUT2D eigenvalue weighted by atomic mass is 10.1. The van der Waals surface area contributed by atoms with E-state index in [4.69, 9.17) is 4.42 Å². The lowest BCUT2D eigenvalue weighted by molar-refractivity contribution is 0.0679. The molecule has 1 aliphatic heterocycles. The first kappa shape index (κ1) is 15.0. The highest BCUT2D eigenvalue weighted by Crippen LogP contribution is 2.31. The number of nitrogens with zero attached hydrogens (tertiary/aromatic N) is 1. The van der Waals surface area contributed by atoms with E-state index in [0.29, 0.717) is 6.54 Å². The van der Waals surface area contributed by atoms with Crippen molar-refractivity contribution in [2.45, 2.75) is 19.9 Å². The van der Waals surface area contributed by atoms with Gasteiger partial charge in [-0.3, -0.25) is 9.59 Å². The lowest BCUT2D eigenvalue weighted by Gasteiger charge is -2.34. The molecule has 1 unspecified atom stereocenters. The van der Waals surface area contributed by atoms with Gasteiger partial charge in [0.15, 0.2) is 0 Å². The molecule has 3 rings (SSSR count). The van der Waals surface area contributed by atoms with Crippen LogP contribution in [0.4, 0.5) is 0 Å². The summed E-state index contributed by atoms with van der Waals surface area (Å²) in [6, 6.07) is 7.03. The maximum absolute atomic E-state index is 12.8. The third-order valence-corrected chi connectivity index (χ3v) is 4.79. The first-order valence-electron chi connectivity index (χ1n) is 7.21. The summed E-state index contributed by atoms with van der Waals surface area (Å²) in [5, 5.41) is 0. The van der Waals surface area contributed by atoms with Gasteiger partial charge in [-0.05, 0) is 38.1 Å². The Morgan fingerprint density at radius 2 is 2.14 bits per heavy atom. The Morgan fingerprint density at radius 3 is 2.82 bits per heavy atom. The highest BCUT2D eigenvalue weighted by atomic mass is 32.2. The molecule has 1 saturated heterocycles. The molecule has 1 amide bonds. The topological polar surface area (TPSA) is 66.3 Å². The predicted octanol–water partition coefficient (Wildman–Crippen LogP) is 2.52. The second kappa shape index (κ2) is 6.04. The van der Waals surface area contributed by atoms with E-state index in [0.717, 1.165) is 28.7 Å². The summed E-state index contributed by atoms with van der Waals surface area (Å²) in [5.74, 6) is 3.02. The number of nitrogens with one attached hydrogen (secondary N) is 1. The standard InChI is InChI=1S/C16H18N2O3S/c1-10-3-5-12(15(19)17-10)16(20)18-7-8-22-9-13(18)14-6-4-11(2)21-14/h3-6,13H,7-9H2,1-2H3,(H,17,19). The van der Waals surface area contributed by atoms with Crippen molar-refractivity contribution in [2.24, 2.45) is 0 Å². The van der Waals surface area contributed by atoms with Gasteiger partial charge in [0.1, 0.15) is 17.1 Å². The smallest absolute Gasteiger partial charge is 0.260 e. The molecule has 0 saturated carbocycles. The molecule has 0 bridgehead atoms. The van der Waals surface area contributed by atoms with Gasteiger partial charge in [-0.2, -0.15) is 11.8 Å². The number of furan rings is 1. The van der Waals surface area contributed by atoms with Crippen LogP contribution in [0.2, 0.25) is 0 Å². The summed E-state index contributed by atoms with van der Waals surface area (Å²) in [4.78, 5) is 29.2. The molecule has 6 heteroatoms. The zero-order valence-corrected chi connectivity index (χ0v) is 13.4. The summed E-state index contributed by atoms with van der Waals surface area (Å²) in [6.45, 7) is 4.29. The fourth-order valence-electron chi connectivity index (χ4n) is 2.61. The Bertz CT molecular complexity index is 750. The average Bonchev–Trinajstić information content (AvgIpc) is 2.93. The minimum Gasteiger partial charge on any atom is -0.464 e. The zero-order valence-electron chi connectivity index (χ0n) is 12.6. The molecule has 0 aromatic carbocycles. The van der Waals surface area contributed by atoms with Crippen molar-refractivity contribution in [1.29, 1.82) is 0 Å². The first-order chi connectivity index (χ1) is 10.6. The summed E-state index contributed by atoms with van der Waals surface area (Å²) in [5.41, 5.74) is 0.595. The van der Waals surface area contributed by atoms with Crippen molar-refractivity contribution >= 4 is 17.7 Å². The van der Waals surface area contributed by atoms with Crippen molar-refractivity contribution in [2.75, 3.05) is 18.1 Å². The maximum atomic E-state index is 12.8. The normalized spacial score (nSPS) is 18.5. The predicted molar refractivity (Wildman–Crippen MR) is 86.3 cm³/mol. The molecule has 1 N–H and O–H groups in total. The van der Waals surface area contributed by atoms with E-state index in [-0.39, 0.29) is 23.1 Å². The molecule has 5 nitrogen and oxygen atoms in total. The number of carbonyl (C=O) groups excluding carboxylic acids is 1. The van der Waals surface area contributed by atoms with Crippen molar-refractivity contribution in [3.63, 3.8) is 0 Å². The van der Waals surface area contributed by atoms with Gasteiger partial charge in [0.25, 0.3) is 11.5 Å². The fraction of sp³-hybridized carbons (Fsp3) is 0.375. The number of hydrogen-bond acceptors (Lipinski definition) is 4. The molecular formula is C16H18N2O3S. The molecule has 0 radical (unpaired) electrons. The number of rotatable bonds is 2. The van der Waals surface area contributed by atoms with Crippen LogP contribution in [0.1, 0.15) is 33.6 Å². The Hall–Kier alpha value is -1.95. The van der Waals surface area contributed by atoms with E-state index in [2.05, 4.69) is 4.98 Å². The molecule has 22 heavy (non-hydrogen) atoms. The van der Waals surface area contributed by atoms with Crippen LogP contribution in [-0.4, -0.2) is 33.8 Å². The van der Waals surface area contributed by atoms with E-state index >= 15 is 0 Å². The van der Waals surface area contributed by atoms with Crippen LogP contribution < -0.4 is 5.56 Å². The summed E-state index contributed by atoms with van der Waals surface area (Å²) in [7, 11) is 0. The lowest BCUT2D eigenvalue weighted by Crippen LogP contribution is -2.42. The van der Waals surface area contributed by atoms with Crippen molar-refractivity contribution in [1.82, 2.24) is 9.88 Å².